The number of ether oxygens (including phenoxy) is 2. The molecule has 4 rings (SSSR count). The zero-order valence-corrected chi connectivity index (χ0v) is 18.5. The quantitative estimate of drug-likeness (QED) is 0.316. The van der Waals surface area contributed by atoms with Gasteiger partial charge in [0.05, 0.1) is 19.8 Å². The number of methoxy groups -OCH3 is 2. The average Bonchev–Trinajstić information content (AvgIpc) is 3.27. The Hall–Kier alpha value is -3.54. The molecule has 0 aliphatic heterocycles. The van der Waals surface area contributed by atoms with E-state index in [-0.39, 0.29) is 5.92 Å². The second kappa shape index (κ2) is 9.14. The van der Waals surface area contributed by atoms with E-state index in [1.165, 1.54) is 7.11 Å². The highest BCUT2D eigenvalue weighted by Gasteiger charge is 2.36. The number of halogens is 3. The average molecular weight is 452 g/mol. The molecular weight excluding hydrogens is 429 g/mol. The van der Waals surface area contributed by atoms with Crippen LogP contribution in [0.2, 0.25) is 0 Å². The van der Waals surface area contributed by atoms with Crippen molar-refractivity contribution in [3.63, 3.8) is 0 Å². The Labute approximate surface area is 190 Å². The molecule has 3 nitrogen and oxygen atoms in total. The van der Waals surface area contributed by atoms with Crippen molar-refractivity contribution in [1.29, 1.82) is 0 Å². The lowest BCUT2D eigenvalue weighted by atomic mass is 9.86. The van der Waals surface area contributed by atoms with E-state index in [0.717, 1.165) is 23.8 Å². The zero-order chi connectivity index (χ0) is 23.7. The van der Waals surface area contributed by atoms with Gasteiger partial charge in [0.2, 0.25) is 5.82 Å². The summed E-state index contributed by atoms with van der Waals surface area (Å²) in [6, 6.07) is 15.8. The van der Waals surface area contributed by atoms with Gasteiger partial charge in [0.25, 0.3) is 0 Å². The molecule has 0 saturated carbocycles. The normalized spacial score (nSPS) is 17.6. The van der Waals surface area contributed by atoms with Crippen LogP contribution in [-0.2, 0) is 0 Å². The summed E-state index contributed by atoms with van der Waals surface area (Å²) in [6.45, 7) is 1.99. The second-order valence-electron chi connectivity index (χ2n) is 8.07. The molecule has 0 fully saturated rings. The van der Waals surface area contributed by atoms with Gasteiger partial charge < -0.3 is 9.47 Å². The molecule has 33 heavy (non-hydrogen) atoms. The number of carbonyl (C=O) groups excluding carboxylic acids is 1. The zero-order valence-electron chi connectivity index (χ0n) is 18.5. The summed E-state index contributed by atoms with van der Waals surface area (Å²) in [5, 5.41) is 0. The minimum absolute atomic E-state index is 0.116. The number of rotatable bonds is 6. The van der Waals surface area contributed by atoms with Crippen LogP contribution in [0.3, 0.4) is 0 Å². The summed E-state index contributed by atoms with van der Waals surface area (Å²) in [4.78, 5) is 13.5. The Morgan fingerprint density at radius 3 is 2.30 bits per heavy atom. The lowest BCUT2D eigenvalue weighted by Crippen LogP contribution is -2.13. The predicted molar refractivity (Wildman–Crippen MR) is 120 cm³/mol. The lowest BCUT2D eigenvalue weighted by molar-refractivity contribution is 0.102. The SMILES string of the molecule is COc1ccccc1C1CC(c2ccc(C)cc2)C=C1C(=O)c1cc(F)c(F)c(OC)c1F. The van der Waals surface area contributed by atoms with E-state index in [9.17, 15) is 18.0 Å². The molecule has 0 saturated heterocycles. The first kappa shape index (κ1) is 22.6. The molecule has 2 unspecified atom stereocenters. The number of para-hydroxylation sites is 1. The predicted octanol–water partition coefficient (Wildman–Crippen LogP) is 6.51. The largest absolute Gasteiger partial charge is 0.496 e. The van der Waals surface area contributed by atoms with Gasteiger partial charge in [-0.2, -0.15) is 4.39 Å². The van der Waals surface area contributed by atoms with Crippen LogP contribution in [0.1, 0.15) is 45.3 Å². The van der Waals surface area contributed by atoms with Crippen molar-refractivity contribution >= 4 is 5.78 Å². The van der Waals surface area contributed by atoms with Gasteiger partial charge in [-0.15, -0.1) is 0 Å². The number of hydrogen-bond acceptors (Lipinski definition) is 3. The first-order valence-corrected chi connectivity index (χ1v) is 10.5. The maximum atomic E-state index is 15.0. The smallest absolute Gasteiger partial charge is 0.203 e. The number of carbonyl (C=O) groups is 1. The van der Waals surface area contributed by atoms with Gasteiger partial charge in [0.1, 0.15) is 5.75 Å². The summed E-state index contributed by atoms with van der Waals surface area (Å²) in [5.41, 5.74) is 2.61. The fraction of sp³-hybridized carbons (Fsp3) is 0.222. The topological polar surface area (TPSA) is 35.5 Å². The third-order valence-electron chi connectivity index (χ3n) is 6.09. The Bertz CT molecular complexity index is 1230. The van der Waals surface area contributed by atoms with Crippen molar-refractivity contribution in [2.24, 2.45) is 0 Å². The van der Waals surface area contributed by atoms with Crippen LogP contribution in [0.4, 0.5) is 13.2 Å². The van der Waals surface area contributed by atoms with Gasteiger partial charge in [0, 0.05) is 23.0 Å². The molecule has 1 aliphatic carbocycles. The van der Waals surface area contributed by atoms with Crippen LogP contribution in [-0.4, -0.2) is 20.0 Å². The highest BCUT2D eigenvalue weighted by molar-refractivity contribution is 6.10. The van der Waals surface area contributed by atoms with Crippen LogP contribution in [0.15, 0.2) is 66.2 Å². The molecule has 2 atom stereocenters. The van der Waals surface area contributed by atoms with Crippen molar-refractivity contribution < 1.29 is 27.4 Å². The van der Waals surface area contributed by atoms with Gasteiger partial charge in [-0.05, 0) is 31.0 Å². The van der Waals surface area contributed by atoms with E-state index in [1.54, 1.807) is 12.1 Å². The van der Waals surface area contributed by atoms with E-state index in [0.29, 0.717) is 23.8 Å². The summed E-state index contributed by atoms with van der Waals surface area (Å²) in [7, 11) is 2.56. The molecule has 0 amide bonds. The molecule has 3 aromatic carbocycles. The molecule has 3 aromatic rings. The third-order valence-corrected chi connectivity index (χ3v) is 6.09. The fourth-order valence-corrected chi connectivity index (χ4v) is 4.39. The summed E-state index contributed by atoms with van der Waals surface area (Å²) in [6.07, 6.45) is 2.34. The third kappa shape index (κ3) is 4.13. The Morgan fingerprint density at radius 2 is 1.64 bits per heavy atom. The molecule has 0 N–H and O–H groups in total. The van der Waals surface area contributed by atoms with E-state index in [4.69, 9.17) is 4.74 Å². The second-order valence-corrected chi connectivity index (χ2v) is 8.07. The van der Waals surface area contributed by atoms with Gasteiger partial charge in [-0.25, -0.2) is 8.78 Å². The number of benzene rings is 3. The van der Waals surface area contributed by atoms with Crippen molar-refractivity contribution in [2.45, 2.75) is 25.2 Å². The summed E-state index contributed by atoms with van der Waals surface area (Å²) < 4.78 is 53.2. The lowest BCUT2D eigenvalue weighted by Gasteiger charge is -2.19. The molecule has 0 spiro atoms. The minimum Gasteiger partial charge on any atom is -0.496 e. The molecule has 0 aromatic heterocycles. The summed E-state index contributed by atoms with van der Waals surface area (Å²) in [5.74, 6) is -5.61. The minimum atomic E-state index is -1.47. The first-order chi connectivity index (χ1) is 15.8. The van der Waals surface area contributed by atoms with Crippen molar-refractivity contribution in [3.8, 4) is 11.5 Å². The van der Waals surface area contributed by atoms with Crippen LogP contribution in [0.25, 0.3) is 0 Å². The van der Waals surface area contributed by atoms with E-state index < -0.39 is 40.5 Å². The van der Waals surface area contributed by atoms with Gasteiger partial charge in [0.15, 0.2) is 23.2 Å². The van der Waals surface area contributed by atoms with E-state index >= 15 is 0 Å². The Kier molecular flexibility index (Phi) is 6.27. The molecule has 1 aliphatic rings. The molecule has 170 valence electrons. The van der Waals surface area contributed by atoms with Crippen molar-refractivity contribution in [3.05, 3.63) is 106 Å². The highest BCUT2D eigenvalue weighted by Crippen LogP contribution is 2.47. The van der Waals surface area contributed by atoms with Gasteiger partial charge in [-0.1, -0.05) is 54.1 Å². The maximum Gasteiger partial charge on any atom is 0.203 e. The highest BCUT2D eigenvalue weighted by atomic mass is 19.2. The number of ketones is 1. The van der Waals surface area contributed by atoms with E-state index in [2.05, 4.69) is 4.74 Å². The number of aryl methyl sites for hydroxylation is 1. The molecular formula is C27H23F3O3. The van der Waals surface area contributed by atoms with Crippen LogP contribution in [0.5, 0.6) is 11.5 Å². The number of Topliss-reactive ketones (excluding diaryl/α,β-unsaturated/α-hetero) is 1. The van der Waals surface area contributed by atoms with Crippen LogP contribution < -0.4 is 9.47 Å². The van der Waals surface area contributed by atoms with Crippen LogP contribution in [0, 0.1) is 24.4 Å². The molecule has 0 radical (unpaired) electrons. The number of allylic oxidation sites excluding steroid dienone is 2. The molecule has 0 heterocycles. The Balaban J connectivity index is 1.84. The van der Waals surface area contributed by atoms with Crippen molar-refractivity contribution in [2.75, 3.05) is 14.2 Å². The molecule has 0 bridgehead atoms. The monoisotopic (exact) mass is 452 g/mol. The van der Waals surface area contributed by atoms with E-state index in [1.807, 2.05) is 49.4 Å². The van der Waals surface area contributed by atoms with Gasteiger partial charge >= 0.3 is 0 Å². The standard InChI is InChI=1S/C27H23F3O3/c1-15-8-10-16(11-9-15)17-12-19(18-6-4-5-7-23(18)32-2)20(13-17)26(31)21-14-22(28)25(30)27(33-3)24(21)29/h4-11,13-14,17,19H,12H2,1-3H3. The first-order valence-electron chi connectivity index (χ1n) is 10.5. The van der Waals surface area contributed by atoms with Crippen molar-refractivity contribution in [1.82, 2.24) is 0 Å². The van der Waals surface area contributed by atoms with Gasteiger partial charge in [-0.3, -0.25) is 4.79 Å². The number of hydrogen-bond donors (Lipinski definition) is 0. The summed E-state index contributed by atoms with van der Waals surface area (Å²) >= 11 is 0. The Morgan fingerprint density at radius 1 is 0.939 bits per heavy atom. The maximum absolute atomic E-state index is 15.0. The molecule has 6 heteroatoms. The fourth-order valence-electron chi connectivity index (χ4n) is 4.39. The van der Waals surface area contributed by atoms with Crippen LogP contribution >= 0.6 is 0 Å².